The van der Waals surface area contributed by atoms with Gasteiger partial charge in [0.2, 0.25) is 0 Å². The predicted molar refractivity (Wildman–Crippen MR) is 116 cm³/mol. The summed E-state index contributed by atoms with van der Waals surface area (Å²) < 4.78 is 5.42. The molecule has 0 aliphatic carbocycles. The van der Waals surface area contributed by atoms with E-state index < -0.39 is 12.1 Å². The molecular formula is C22H25ClN2O3S. The first-order valence-electron chi connectivity index (χ1n) is 9.57. The van der Waals surface area contributed by atoms with Crippen LogP contribution >= 0.6 is 23.4 Å². The molecular weight excluding hydrogens is 408 g/mol. The van der Waals surface area contributed by atoms with Crippen molar-refractivity contribution in [3.8, 4) is 0 Å². The van der Waals surface area contributed by atoms with Gasteiger partial charge in [0, 0.05) is 37.6 Å². The third kappa shape index (κ3) is 5.75. The van der Waals surface area contributed by atoms with Gasteiger partial charge < -0.3 is 9.64 Å². The molecule has 0 spiro atoms. The lowest BCUT2D eigenvalue weighted by Gasteiger charge is -2.35. The van der Waals surface area contributed by atoms with Crippen LogP contribution in [0.5, 0.6) is 0 Å². The number of ether oxygens (including phenoxy) is 1. The van der Waals surface area contributed by atoms with Crippen molar-refractivity contribution >= 4 is 35.2 Å². The zero-order chi connectivity index (χ0) is 20.8. The van der Waals surface area contributed by atoms with E-state index in [1.54, 1.807) is 24.0 Å². The molecule has 2 aromatic rings. The monoisotopic (exact) mass is 432 g/mol. The van der Waals surface area contributed by atoms with Crippen molar-refractivity contribution in [2.75, 3.05) is 32.4 Å². The quantitative estimate of drug-likeness (QED) is 0.511. The molecule has 7 heteroatoms. The summed E-state index contributed by atoms with van der Waals surface area (Å²) in [5.41, 5.74) is 1.55. The highest BCUT2D eigenvalue weighted by molar-refractivity contribution is 7.98. The Morgan fingerprint density at radius 2 is 1.79 bits per heavy atom. The topological polar surface area (TPSA) is 49.9 Å². The maximum absolute atomic E-state index is 12.7. The van der Waals surface area contributed by atoms with E-state index >= 15 is 0 Å². The van der Waals surface area contributed by atoms with Crippen LogP contribution in [0.15, 0.2) is 53.4 Å². The Kier molecular flexibility index (Phi) is 7.58. The Morgan fingerprint density at radius 1 is 1.10 bits per heavy atom. The third-order valence-corrected chi connectivity index (χ3v) is 6.01. The molecule has 29 heavy (non-hydrogen) atoms. The zero-order valence-corrected chi connectivity index (χ0v) is 18.2. The van der Waals surface area contributed by atoms with Crippen LogP contribution in [0.2, 0.25) is 5.02 Å². The Bertz CT molecular complexity index is 854. The molecule has 1 fully saturated rings. The smallest absolute Gasteiger partial charge is 0.340 e. The number of carbonyl (C=O) groups is 2. The molecule has 2 aromatic carbocycles. The largest absolute Gasteiger partial charge is 0.449 e. The first-order valence-corrected chi connectivity index (χ1v) is 11.2. The maximum Gasteiger partial charge on any atom is 0.340 e. The summed E-state index contributed by atoms with van der Waals surface area (Å²) >= 11 is 7.64. The number of hydrogen-bond acceptors (Lipinski definition) is 5. The van der Waals surface area contributed by atoms with Gasteiger partial charge >= 0.3 is 5.97 Å². The van der Waals surface area contributed by atoms with Crippen LogP contribution in [0.3, 0.4) is 0 Å². The van der Waals surface area contributed by atoms with E-state index in [0.29, 0.717) is 18.1 Å². The number of carbonyl (C=O) groups excluding carboxylic acids is 2. The van der Waals surface area contributed by atoms with Gasteiger partial charge in [0.25, 0.3) is 5.91 Å². The van der Waals surface area contributed by atoms with Gasteiger partial charge in [-0.05, 0) is 36.9 Å². The number of rotatable bonds is 6. The molecule has 0 bridgehead atoms. The molecule has 1 unspecified atom stereocenters. The van der Waals surface area contributed by atoms with Crippen LogP contribution in [-0.2, 0) is 16.1 Å². The summed E-state index contributed by atoms with van der Waals surface area (Å²) in [6.45, 7) is 5.32. The second-order valence-corrected chi connectivity index (χ2v) is 8.27. The molecule has 1 atom stereocenters. The van der Waals surface area contributed by atoms with Gasteiger partial charge in [-0.1, -0.05) is 41.9 Å². The molecule has 0 aromatic heterocycles. The van der Waals surface area contributed by atoms with Crippen molar-refractivity contribution in [3.63, 3.8) is 0 Å². The van der Waals surface area contributed by atoms with Gasteiger partial charge in [-0.2, -0.15) is 0 Å². The molecule has 1 aliphatic heterocycles. The minimum atomic E-state index is -0.850. The van der Waals surface area contributed by atoms with Crippen LogP contribution in [0.25, 0.3) is 0 Å². The standard InChI is InChI=1S/C22H25ClN2O3S/c1-16(28-22(27)19-14-18(29-2)8-9-20(19)23)21(26)25-12-10-24(11-13-25)15-17-6-4-3-5-7-17/h3-9,14,16H,10-13,15H2,1-2H3. The molecule has 1 amide bonds. The summed E-state index contributed by atoms with van der Waals surface area (Å²) in [6.07, 6.45) is 1.07. The lowest BCUT2D eigenvalue weighted by atomic mass is 10.2. The van der Waals surface area contributed by atoms with E-state index in [0.717, 1.165) is 24.5 Å². The minimum absolute atomic E-state index is 0.171. The SMILES string of the molecule is CSc1ccc(Cl)c(C(=O)OC(C)C(=O)N2CCN(Cc3ccccc3)CC2)c1. The summed E-state index contributed by atoms with van der Waals surface area (Å²) in [4.78, 5) is 30.2. The van der Waals surface area contributed by atoms with Crippen LogP contribution in [0.1, 0.15) is 22.8 Å². The van der Waals surface area contributed by atoms with Gasteiger partial charge in [-0.3, -0.25) is 9.69 Å². The van der Waals surface area contributed by atoms with E-state index in [9.17, 15) is 9.59 Å². The minimum Gasteiger partial charge on any atom is -0.449 e. The van der Waals surface area contributed by atoms with E-state index in [-0.39, 0.29) is 11.5 Å². The lowest BCUT2D eigenvalue weighted by Crippen LogP contribution is -2.51. The lowest BCUT2D eigenvalue weighted by molar-refractivity contribution is -0.141. The highest BCUT2D eigenvalue weighted by Gasteiger charge is 2.28. The van der Waals surface area contributed by atoms with Crippen LogP contribution < -0.4 is 0 Å². The Hall–Kier alpha value is -2.02. The molecule has 0 saturated carbocycles. The number of thioether (sulfide) groups is 1. The van der Waals surface area contributed by atoms with Crippen molar-refractivity contribution in [3.05, 3.63) is 64.7 Å². The van der Waals surface area contributed by atoms with Gasteiger partial charge in [0.05, 0.1) is 10.6 Å². The van der Waals surface area contributed by atoms with Gasteiger partial charge in [-0.25, -0.2) is 4.79 Å². The van der Waals surface area contributed by atoms with Gasteiger partial charge in [-0.15, -0.1) is 11.8 Å². The maximum atomic E-state index is 12.7. The second kappa shape index (κ2) is 10.1. The molecule has 154 valence electrons. The van der Waals surface area contributed by atoms with Crippen LogP contribution in [0, 0.1) is 0 Å². The van der Waals surface area contributed by atoms with Crippen molar-refractivity contribution in [1.82, 2.24) is 9.80 Å². The summed E-state index contributed by atoms with van der Waals surface area (Å²) in [6, 6.07) is 15.5. The Labute approximate surface area is 181 Å². The normalized spacial score (nSPS) is 15.8. The summed E-state index contributed by atoms with van der Waals surface area (Å²) in [5.74, 6) is -0.746. The third-order valence-electron chi connectivity index (χ3n) is 4.96. The fourth-order valence-electron chi connectivity index (χ4n) is 3.29. The van der Waals surface area contributed by atoms with Crippen molar-refractivity contribution in [1.29, 1.82) is 0 Å². The number of esters is 1. The van der Waals surface area contributed by atoms with E-state index in [4.69, 9.17) is 16.3 Å². The Morgan fingerprint density at radius 3 is 2.45 bits per heavy atom. The first kappa shape index (κ1) is 21.7. The number of piperazine rings is 1. The number of nitrogens with zero attached hydrogens (tertiary/aromatic N) is 2. The average Bonchev–Trinajstić information content (AvgIpc) is 2.74. The molecule has 3 rings (SSSR count). The first-order chi connectivity index (χ1) is 14.0. The van der Waals surface area contributed by atoms with Crippen LogP contribution in [-0.4, -0.2) is 60.2 Å². The van der Waals surface area contributed by atoms with Crippen molar-refractivity contribution in [2.45, 2.75) is 24.5 Å². The summed E-state index contributed by atoms with van der Waals surface area (Å²) in [7, 11) is 0. The number of amides is 1. The van der Waals surface area contributed by atoms with Crippen molar-refractivity contribution < 1.29 is 14.3 Å². The Balaban J connectivity index is 1.52. The van der Waals surface area contributed by atoms with E-state index in [2.05, 4.69) is 17.0 Å². The fourth-order valence-corrected chi connectivity index (χ4v) is 3.92. The fraction of sp³-hybridized carbons (Fsp3) is 0.364. The molecule has 1 saturated heterocycles. The number of hydrogen-bond donors (Lipinski definition) is 0. The summed E-state index contributed by atoms with van der Waals surface area (Å²) in [5, 5.41) is 0.321. The molecule has 1 aliphatic rings. The number of halogens is 1. The second-order valence-electron chi connectivity index (χ2n) is 6.98. The number of benzene rings is 2. The van der Waals surface area contributed by atoms with Crippen molar-refractivity contribution in [2.24, 2.45) is 0 Å². The van der Waals surface area contributed by atoms with E-state index in [1.807, 2.05) is 30.5 Å². The van der Waals surface area contributed by atoms with Gasteiger partial charge in [0.15, 0.2) is 6.10 Å². The van der Waals surface area contributed by atoms with Gasteiger partial charge in [0.1, 0.15) is 0 Å². The zero-order valence-electron chi connectivity index (χ0n) is 16.6. The molecule has 0 radical (unpaired) electrons. The molecule has 1 heterocycles. The highest BCUT2D eigenvalue weighted by Crippen LogP contribution is 2.24. The highest BCUT2D eigenvalue weighted by atomic mass is 35.5. The van der Waals surface area contributed by atoms with E-state index in [1.165, 1.54) is 17.3 Å². The average molecular weight is 433 g/mol. The molecule has 5 nitrogen and oxygen atoms in total. The predicted octanol–water partition coefficient (Wildman–Crippen LogP) is 3.95. The molecule has 0 N–H and O–H groups in total. The van der Waals surface area contributed by atoms with Crippen LogP contribution in [0.4, 0.5) is 0 Å².